The van der Waals surface area contributed by atoms with Gasteiger partial charge in [0.25, 0.3) is 5.91 Å². The molecule has 0 radical (unpaired) electrons. The lowest BCUT2D eigenvalue weighted by Gasteiger charge is -2.35. The zero-order valence-corrected chi connectivity index (χ0v) is 15.9. The number of carbonyl (C=O) groups excluding carboxylic acids is 3. The van der Waals surface area contributed by atoms with Crippen molar-refractivity contribution in [2.45, 2.75) is 56.7 Å². The van der Waals surface area contributed by atoms with E-state index in [1.807, 2.05) is 30.3 Å². The third-order valence-corrected chi connectivity index (χ3v) is 5.89. The molecule has 3 heterocycles. The number of nitrogens with one attached hydrogen (secondary N) is 2. The van der Waals surface area contributed by atoms with E-state index in [-0.39, 0.29) is 24.1 Å². The number of benzene rings is 1. The average Bonchev–Trinajstić information content (AvgIpc) is 3.32. The van der Waals surface area contributed by atoms with E-state index in [0.29, 0.717) is 32.1 Å². The molecule has 4 rings (SSSR count). The number of carboxylic acid groups (broad SMARTS) is 1. The molecule has 3 aliphatic heterocycles. The van der Waals surface area contributed by atoms with Crippen LogP contribution in [0.1, 0.15) is 37.7 Å². The highest BCUT2D eigenvalue weighted by Crippen LogP contribution is 2.36. The van der Waals surface area contributed by atoms with Crippen LogP contribution in [-0.2, 0) is 25.6 Å². The number of rotatable bonds is 5. The SMILES string of the molecule is O=C1CC[C@@H](C(=O)NC2=C(Cc3ccccc3)C[C@H]3CC[C@@H](C(=O)O)N3C2=O)N1. The first-order valence-corrected chi connectivity index (χ1v) is 9.85. The van der Waals surface area contributed by atoms with Crippen molar-refractivity contribution in [2.75, 3.05) is 0 Å². The first-order valence-electron chi connectivity index (χ1n) is 9.85. The first kappa shape index (κ1) is 19.2. The Balaban J connectivity index is 1.64. The van der Waals surface area contributed by atoms with Gasteiger partial charge in [-0.2, -0.15) is 0 Å². The summed E-state index contributed by atoms with van der Waals surface area (Å²) in [5.41, 5.74) is 1.97. The Morgan fingerprint density at radius 3 is 2.55 bits per heavy atom. The molecule has 0 spiro atoms. The van der Waals surface area contributed by atoms with E-state index in [9.17, 15) is 24.3 Å². The van der Waals surface area contributed by atoms with Gasteiger partial charge in [0.1, 0.15) is 17.8 Å². The molecule has 2 fully saturated rings. The summed E-state index contributed by atoms with van der Waals surface area (Å²) in [5.74, 6) is -2.10. The van der Waals surface area contributed by atoms with Gasteiger partial charge in [-0.3, -0.25) is 14.4 Å². The second-order valence-corrected chi connectivity index (χ2v) is 7.79. The van der Waals surface area contributed by atoms with E-state index < -0.39 is 29.9 Å². The van der Waals surface area contributed by atoms with Gasteiger partial charge in [0.15, 0.2) is 0 Å². The maximum atomic E-state index is 13.2. The van der Waals surface area contributed by atoms with Crippen molar-refractivity contribution >= 4 is 23.7 Å². The Morgan fingerprint density at radius 1 is 1.14 bits per heavy atom. The number of nitrogens with zero attached hydrogens (tertiary/aromatic N) is 1. The fourth-order valence-electron chi connectivity index (χ4n) is 4.47. The standard InChI is InChI=1S/C21H23N3O5/c25-17-9-7-15(22-17)19(26)23-18-13(10-12-4-2-1-3-5-12)11-14-6-8-16(21(28)29)24(14)20(18)27/h1-5,14-16H,6-11H2,(H,22,25)(H,23,26)(H,28,29)/t14-,15+,16+/m1/s1. The van der Waals surface area contributed by atoms with Crippen molar-refractivity contribution in [2.24, 2.45) is 0 Å². The maximum Gasteiger partial charge on any atom is 0.326 e. The van der Waals surface area contributed by atoms with Gasteiger partial charge in [-0.15, -0.1) is 0 Å². The fourth-order valence-corrected chi connectivity index (χ4v) is 4.47. The van der Waals surface area contributed by atoms with Crippen LogP contribution in [0.3, 0.4) is 0 Å². The number of amides is 3. The van der Waals surface area contributed by atoms with Crippen LogP contribution < -0.4 is 10.6 Å². The van der Waals surface area contributed by atoms with E-state index in [4.69, 9.17) is 0 Å². The molecule has 3 atom stereocenters. The number of aliphatic carboxylic acids is 1. The lowest BCUT2D eigenvalue weighted by atomic mass is 9.92. The van der Waals surface area contributed by atoms with Crippen LogP contribution in [0.15, 0.2) is 41.6 Å². The van der Waals surface area contributed by atoms with Crippen LogP contribution in [0.4, 0.5) is 0 Å². The normalized spacial score (nSPS) is 26.3. The molecule has 0 saturated carbocycles. The van der Waals surface area contributed by atoms with Crippen molar-refractivity contribution in [3.63, 3.8) is 0 Å². The van der Waals surface area contributed by atoms with Crippen molar-refractivity contribution in [3.05, 3.63) is 47.2 Å². The minimum absolute atomic E-state index is 0.157. The van der Waals surface area contributed by atoms with Crippen molar-refractivity contribution < 1.29 is 24.3 Å². The Morgan fingerprint density at radius 2 is 1.90 bits per heavy atom. The molecule has 3 amide bonds. The summed E-state index contributed by atoms with van der Waals surface area (Å²) in [6.45, 7) is 0. The molecule has 0 unspecified atom stereocenters. The second kappa shape index (κ2) is 7.69. The van der Waals surface area contributed by atoms with E-state index in [1.165, 1.54) is 4.90 Å². The quantitative estimate of drug-likeness (QED) is 0.677. The van der Waals surface area contributed by atoms with E-state index in [2.05, 4.69) is 10.6 Å². The average molecular weight is 397 g/mol. The largest absolute Gasteiger partial charge is 0.480 e. The molecule has 152 valence electrons. The highest BCUT2D eigenvalue weighted by Gasteiger charge is 2.46. The molecular weight excluding hydrogens is 374 g/mol. The van der Waals surface area contributed by atoms with E-state index in [1.54, 1.807) is 0 Å². The monoisotopic (exact) mass is 397 g/mol. The Hall–Kier alpha value is -3.16. The molecule has 2 saturated heterocycles. The summed E-state index contributed by atoms with van der Waals surface area (Å²) in [7, 11) is 0. The van der Waals surface area contributed by atoms with Crippen LogP contribution in [0.25, 0.3) is 0 Å². The smallest absolute Gasteiger partial charge is 0.326 e. The molecule has 29 heavy (non-hydrogen) atoms. The highest BCUT2D eigenvalue weighted by molar-refractivity contribution is 6.02. The summed E-state index contributed by atoms with van der Waals surface area (Å²) >= 11 is 0. The van der Waals surface area contributed by atoms with Gasteiger partial charge in [0.05, 0.1) is 0 Å². The number of carboxylic acids is 1. The number of fused-ring (bicyclic) bond motifs is 1. The first-order chi connectivity index (χ1) is 13.9. The Kier molecular flexibility index (Phi) is 5.08. The van der Waals surface area contributed by atoms with Crippen LogP contribution >= 0.6 is 0 Å². The van der Waals surface area contributed by atoms with Gasteiger partial charge in [0.2, 0.25) is 11.8 Å². The van der Waals surface area contributed by atoms with Crippen LogP contribution in [-0.4, -0.2) is 51.8 Å². The molecular formula is C21H23N3O5. The highest BCUT2D eigenvalue weighted by atomic mass is 16.4. The topological polar surface area (TPSA) is 116 Å². The van der Waals surface area contributed by atoms with Crippen LogP contribution in [0.5, 0.6) is 0 Å². The Bertz CT molecular complexity index is 895. The molecule has 3 N–H and O–H groups in total. The van der Waals surface area contributed by atoms with Gasteiger partial charge in [-0.25, -0.2) is 4.79 Å². The summed E-state index contributed by atoms with van der Waals surface area (Å²) in [6, 6.07) is 7.92. The van der Waals surface area contributed by atoms with Gasteiger partial charge in [-0.05, 0) is 43.2 Å². The van der Waals surface area contributed by atoms with Gasteiger partial charge in [0, 0.05) is 12.5 Å². The second-order valence-electron chi connectivity index (χ2n) is 7.79. The summed E-state index contributed by atoms with van der Waals surface area (Å²) in [6.07, 6.45) is 2.71. The lowest BCUT2D eigenvalue weighted by Crippen LogP contribution is -2.52. The summed E-state index contributed by atoms with van der Waals surface area (Å²) in [4.78, 5) is 50.4. The molecule has 1 aromatic carbocycles. The van der Waals surface area contributed by atoms with Crippen molar-refractivity contribution in [1.82, 2.24) is 15.5 Å². The molecule has 8 heteroatoms. The fraction of sp³-hybridized carbons (Fsp3) is 0.429. The third-order valence-electron chi connectivity index (χ3n) is 5.89. The van der Waals surface area contributed by atoms with Gasteiger partial charge >= 0.3 is 5.97 Å². The predicted octanol–water partition coefficient (Wildman–Crippen LogP) is 0.726. The molecule has 0 aliphatic carbocycles. The van der Waals surface area contributed by atoms with Crippen molar-refractivity contribution in [3.8, 4) is 0 Å². The minimum atomic E-state index is -1.03. The molecule has 8 nitrogen and oxygen atoms in total. The number of carbonyl (C=O) groups is 4. The van der Waals surface area contributed by atoms with Gasteiger partial charge < -0.3 is 20.6 Å². The lowest BCUT2D eigenvalue weighted by molar-refractivity contribution is -0.148. The van der Waals surface area contributed by atoms with Gasteiger partial charge in [-0.1, -0.05) is 30.3 Å². The van der Waals surface area contributed by atoms with E-state index in [0.717, 1.165) is 11.1 Å². The maximum absolute atomic E-state index is 13.2. The number of hydrogen-bond donors (Lipinski definition) is 3. The van der Waals surface area contributed by atoms with E-state index >= 15 is 0 Å². The summed E-state index contributed by atoms with van der Waals surface area (Å²) in [5, 5.41) is 14.8. The molecule has 3 aliphatic rings. The minimum Gasteiger partial charge on any atom is -0.480 e. The zero-order valence-electron chi connectivity index (χ0n) is 15.9. The molecule has 0 bridgehead atoms. The molecule has 0 aromatic heterocycles. The summed E-state index contributed by atoms with van der Waals surface area (Å²) < 4.78 is 0. The predicted molar refractivity (Wildman–Crippen MR) is 102 cm³/mol. The zero-order chi connectivity index (χ0) is 20.5. The van der Waals surface area contributed by atoms with Crippen LogP contribution in [0.2, 0.25) is 0 Å². The third kappa shape index (κ3) is 3.74. The van der Waals surface area contributed by atoms with Crippen LogP contribution in [0, 0.1) is 0 Å². The Labute approximate surface area is 167 Å². The van der Waals surface area contributed by atoms with Crippen molar-refractivity contribution in [1.29, 1.82) is 0 Å². The number of hydrogen-bond acceptors (Lipinski definition) is 4. The molecule has 1 aromatic rings.